The molecule has 4 rings (SSSR count). The first-order valence-corrected chi connectivity index (χ1v) is 12.6. The Morgan fingerprint density at radius 2 is 1.55 bits per heavy atom. The Balaban J connectivity index is 1.45. The number of ketones is 1. The van der Waals surface area contributed by atoms with Crippen molar-refractivity contribution in [1.29, 1.82) is 0 Å². The zero-order chi connectivity index (χ0) is 26.9. The van der Waals surface area contributed by atoms with E-state index in [1.165, 1.54) is 0 Å². The van der Waals surface area contributed by atoms with Crippen LogP contribution in [0.3, 0.4) is 0 Å². The van der Waals surface area contributed by atoms with Gasteiger partial charge in [0.1, 0.15) is 0 Å². The first-order chi connectivity index (χ1) is 18.4. The molecule has 4 aromatic rings. The first kappa shape index (κ1) is 27.0. The van der Waals surface area contributed by atoms with Crippen molar-refractivity contribution in [3.8, 4) is 0 Å². The van der Waals surface area contributed by atoms with Crippen molar-refractivity contribution in [1.82, 2.24) is 15.0 Å². The van der Waals surface area contributed by atoms with E-state index in [0.717, 1.165) is 16.9 Å². The number of nitrogens with zero attached hydrogens (tertiary/aromatic N) is 4. The fraction of sp³-hybridized carbons (Fsp3) is 0.138. The number of carboxylic acids is 1. The van der Waals surface area contributed by atoms with Gasteiger partial charge in [0.2, 0.25) is 5.95 Å². The molecule has 7 nitrogen and oxygen atoms in total. The summed E-state index contributed by atoms with van der Waals surface area (Å²) in [5.74, 6) is -1.82. The van der Waals surface area contributed by atoms with Gasteiger partial charge in [-0.05, 0) is 54.4 Å². The van der Waals surface area contributed by atoms with Crippen LogP contribution in [0.1, 0.15) is 34.5 Å². The molecule has 0 aliphatic carbocycles. The third-order valence-corrected chi connectivity index (χ3v) is 6.43. The smallest absolute Gasteiger partial charge is 0.307 e. The molecular weight excluding hydrogens is 523 g/mol. The van der Waals surface area contributed by atoms with Crippen LogP contribution < -0.4 is 4.90 Å². The minimum Gasteiger partial charge on any atom is -0.481 e. The molecule has 1 N–H and O–H groups in total. The molecule has 0 aliphatic heterocycles. The second-order valence-electron chi connectivity index (χ2n) is 8.44. The molecule has 1 unspecified atom stereocenters. The Labute approximate surface area is 230 Å². The number of aromatic nitrogens is 3. The molecule has 192 valence electrons. The molecule has 0 amide bonds. The van der Waals surface area contributed by atoms with Crippen molar-refractivity contribution in [3.05, 3.63) is 118 Å². The molecule has 2 heterocycles. The minimum atomic E-state index is -1.06. The van der Waals surface area contributed by atoms with Gasteiger partial charge in [-0.15, -0.1) is 0 Å². The van der Waals surface area contributed by atoms with Crippen LogP contribution in [0.25, 0.3) is 6.08 Å². The predicted octanol–water partition coefficient (Wildman–Crippen LogP) is 6.89. The number of carboxylic acid groups (broad SMARTS) is 1. The molecular formula is C29H24Cl2N4O3. The molecule has 0 fully saturated rings. The largest absolute Gasteiger partial charge is 0.481 e. The van der Waals surface area contributed by atoms with Crippen LogP contribution in [0.4, 0.5) is 11.6 Å². The number of benzene rings is 2. The van der Waals surface area contributed by atoms with Gasteiger partial charge in [-0.2, -0.15) is 0 Å². The van der Waals surface area contributed by atoms with Gasteiger partial charge in [0.05, 0.1) is 33.8 Å². The summed E-state index contributed by atoms with van der Waals surface area (Å²) in [6, 6.07) is 20.0. The monoisotopic (exact) mass is 546 g/mol. The van der Waals surface area contributed by atoms with E-state index in [2.05, 4.69) is 15.0 Å². The summed E-state index contributed by atoms with van der Waals surface area (Å²) in [5.41, 5.74) is 2.78. The average molecular weight is 547 g/mol. The van der Waals surface area contributed by atoms with Crippen LogP contribution in [0, 0.1) is 5.92 Å². The van der Waals surface area contributed by atoms with Crippen molar-refractivity contribution in [2.24, 2.45) is 5.92 Å². The lowest BCUT2D eigenvalue weighted by Gasteiger charge is -2.22. The number of halogens is 2. The number of aliphatic carboxylic acids is 1. The lowest BCUT2D eigenvalue weighted by atomic mass is 9.95. The van der Waals surface area contributed by atoms with E-state index >= 15 is 0 Å². The second kappa shape index (κ2) is 12.9. The molecule has 38 heavy (non-hydrogen) atoms. The topological polar surface area (TPSA) is 96.3 Å². The molecule has 0 saturated carbocycles. The molecule has 2 aromatic heterocycles. The zero-order valence-electron chi connectivity index (χ0n) is 20.2. The highest BCUT2D eigenvalue weighted by Crippen LogP contribution is 2.28. The number of Topliss-reactive ketones (excluding diaryl/α,β-unsaturated/α-hetero) is 1. The average Bonchev–Trinajstić information content (AvgIpc) is 2.92. The van der Waals surface area contributed by atoms with Crippen LogP contribution in [-0.4, -0.2) is 31.8 Å². The van der Waals surface area contributed by atoms with E-state index in [0.29, 0.717) is 12.5 Å². The maximum absolute atomic E-state index is 12.7. The Hall–Kier alpha value is -4.07. The van der Waals surface area contributed by atoms with Gasteiger partial charge in [-0.3, -0.25) is 14.6 Å². The molecule has 0 spiro atoms. The molecule has 0 bridgehead atoms. The summed E-state index contributed by atoms with van der Waals surface area (Å²) in [6.45, 7) is 0.490. The van der Waals surface area contributed by atoms with Crippen molar-refractivity contribution in [2.45, 2.75) is 19.4 Å². The van der Waals surface area contributed by atoms with Crippen LogP contribution in [0.5, 0.6) is 0 Å². The van der Waals surface area contributed by atoms with Crippen molar-refractivity contribution in [2.75, 3.05) is 4.90 Å². The van der Waals surface area contributed by atoms with Gasteiger partial charge in [0.15, 0.2) is 5.78 Å². The number of rotatable bonds is 11. The third kappa shape index (κ3) is 7.03. The van der Waals surface area contributed by atoms with Crippen molar-refractivity contribution < 1.29 is 14.7 Å². The summed E-state index contributed by atoms with van der Waals surface area (Å²) in [4.78, 5) is 39.7. The maximum atomic E-state index is 12.7. The standard InChI is InChI=1S/C29H24Cl2N4O3/c30-24-9-4-10-25(31)27(24)26(36)18-21(28(37)38)7-3-6-20-11-13-23(14-12-20)35(29-33-16-5-17-34-29)19-22-8-1-2-15-32-22/h1-6,8-17,21H,7,18-19H2,(H,37,38)/b6-3+. The highest BCUT2D eigenvalue weighted by Gasteiger charge is 2.23. The van der Waals surface area contributed by atoms with Gasteiger partial charge in [0.25, 0.3) is 0 Å². The molecule has 0 saturated heterocycles. The third-order valence-electron chi connectivity index (χ3n) is 5.80. The summed E-state index contributed by atoms with van der Waals surface area (Å²) in [5, 5.41) is 10.1. The van der Waals surface area contributed by atoms with Crippen LogP contribution >= 0.6 is 23.2 Å². The number of pyridine rings is 1. The van der Waals surface area contributed by atoms with Crippen LogP contribution in [0.15, 0.2) is 91.4 Å². The predicted molar refractivity (Wildman–Crippen MR) is 149 cm³/mol. The number of allylic oxidation sites excluding steroid dienone is 1. The number of anilines is 2. The lowest BCUT2D eigenvalue weighted by molar-refractivity contribution is -0.141. The minimum absolute atomic E-state index is 0.152. The van der Waals surface area contributed by atoms with E-state index in [9.17, 15) is 14.7 Å². The molecule has 0 aliphatic rings. The molecule has 2 aromatic carbocycles. The summed E-state index contributed by atoms with van der Waals surface area (Å²) < 4.78 is 0. The fourth-order valence-corrected chi connectivity index (χ4v) is 4.47. The Kier molecular flexibility index (Phi) is 9.19. The Bertz CT molecular complexity index is 1390. The van der Waals surface area contributed by atoms with Gasteiger partial charge < -0.3 is 10.0 Å². The van der Waals surface area contributed by atoms with Gasteiger partial charge in [-0.25, -0.2) is 9.97 Å². The quantitative estimate of drug-likeness (QED) is 0.204. The van der Waals surface area contributed by atoms with Crippen molar-refractivity contribution >= 4 is 52.7 Å². The number of hydrogen-bond acceptors (Lipinski definition) is 6. The normalized spacial score (nSPS) is 11.8. The molecule has 9 heteroatoms. The van der Waals surface area contributed by atoms with Crippen LogP contribution in [0.2, 0.25) is 10.0 Å². The Morgan fingerprint density at radius 1 is 0.868 bits per heavy atom. The van der Waals surface area contributed by atoms with Crippen molar-refractivity contribution in [3.63, 3.8) is 0 Å². The molecule has 0 radical (unpaired) electrons. The van der Waals surface area contributed by atoms with Crippen LogP contribution in [-0.2, 0) is 11.3 Å². The lowest BCUT2D eigenvalue weighted by Crippen LogP contribution is -2.19. The fourth-order valence-electron chi connectivity index (χ4n) is 3.86. The number of carbonyl (C=O) groups excluding carboxylic acids is 1. The SMILES string of the molecule is O=C(CC(C/C=C/c1ccc(N(Cc2ccccn2)c2ncccn2)cc1)C(=O)O)c1c(Cl)cccc1Cl. The number of hydrogen-bond donors (Lipinski definition) is 1. The Morgan fingerprint density at radius 3 is 2.18 bits per heavy atom. The summed E-state index contributed by atoms with van der Waals surface area (Å²) in [6.07, 6.45) is 8.67. The number of carbonyl (C=O) groups is 2. The second-order valence-corrected chi connectivity index (χ2v) is 9.26. The van der Waals surface area contributed by atoms with E-state index in [1.807, 2.05) is 53.4 Å². The maximum Gasteiger partial charge on any atom is 0.307 e. The first-order valence-electron chi connectivity index (χ1n) is 11.8. The van der Waals surface area contributed by atoms with E-state index < -0.39 is 17.7 Å². The van der Waals surface area contributed by atoms with E-state index in [4.69, 9.17) is 23.2 Å². The highest BCUT2D eigenvalue weighted by molar-refractivity contribution is 6.39. The van der Waals surface area contributed by atoms with E-state index in [-0.39, 0.29) is 28.5 Å². The molecule has 1 atom stereocenters. The van der Waals surface area contributed by atoms with Gasteiger partial charge in [0, 0.05) is 30.7 Å². The highest BCUT2D eigenvalue weighted by atomic mass is 35.5. The van der Waals surface area contributed by atoms with Gasteiger partial charge >= 0.3 is 5.97 Å². The summed E-state index contributed by atoms with van der Waals surface area (Å²) >= 11 is 12.2. The van der Waals surface area contributed by atoms with E-state index in [1.54, 1.807) is 48.9 Å². The summed E-state index contributed by atoms with van der Waals surface area (Å²) in [7, 11) is 0. The zero-order valence-corrected chi connectivity index (χ0v) is 21.8. The van der Waals surface area contributed by atoms with Gasteiger partial charge in [-0.1, -0.05) is 59.6 Å².